The van der Waals surface area contributed by atoms with Crippen molar-refractivity contribution >= 4 is 11.5 Å². The summed E-state index contributed by atoms with van der Waals surface area (Å²) in [6, 6.07) is 2.49. The average Bonchev–Trinajstić information content (AvgIpc) is 3.37. The number of hydrogen-bond donors (Lipinski definition) is 1. The molecule has 0 spiro atoms. The van der Waals surface area contributed by atoms with Crippen molar-refractivity contribution in [1.29, 1.82) is 0 Å². The molecular formula is C20H24N8. The Bertz CT molecular complexity index is 1020. The maximum absolute atomic E-state index is 6.14. The summed E-state index contributed by atoms with van der Waals surface area (Å²) in [6.45, 7) is 4.18. The summed E-state index contributed by atoms with van der Waals surface area (Å²) >= 11 is 0. The summed E-state index contributed by atoms with van der Waals surface area (Å²) in [5, 5.41) is 8.86. The minimum absolute atomic E-state index is 0.161. The lowest BCUT2D eigenvalue weighted by Gasteiger charge is -2.41. The van der Waals surface area contributed by atoms with Gasteiger partial charge >= 0.3 is 0 Å². The molecule has 1 atom stereocenters. The van der Waals surface area contributed by atoms with Crippen molar-refractivity contribution in [1.82, 2.24) is 29.7 Å². The second-order valence-electron chi connectivity index (χ2n) is 7.58. The maximum Gasteiger partial charge on any atom is 0.163 e. The van der Waals surface area contributed by atoms with Gasteiger partial charge in [0.2, 0.25) is 0 Å². The standard InChI is InChI=1S/C20H24N8/c1-3-16-20-26-25-12(2)27(20)17-11-23-18(14-8-9-22-10-15(14)21)24-19(17)28(16)13-6-4-5-7-13/h8-11,13,16H,3-7,21H2,1-2H3. The molecule has 1 fully saturated rings. The second kappa shape index (κ2) is 6.54. The Balaban J connectivity index is 1.73. The fourth-order valence-electron chi connectivity index (χ4n) is 4.61. The molecule has 0 radical (unpaired) electrons. The molecule has 8 heteroatoms. The van der Waals surface area contributed by atoms with Crippen molar-refractivity contribution in [3.05, 3.63) is 36.3 Å². The van der Waals surface area contributed by atoms with E-state index in [1.165, 1.54) is 25.7 Å². The van der Waals surface area contributed by atoms with Crippen LogP contribution in [0, 0.1) is 6.92 Å². The monoisotopic (exact) mass is 376 g/mol. The van der Waals surface area contributed by atoms with Gasteiger partial charge in [-0.3, -0.25) is 9.55 Å². The van der Waals surface area contributed by atoms with Crippen LogP contribution in [-0.2, 0) is 0 Å². The first-order chi connectivity index (χ1) is 13.7. The number of anilines is 2. The van der Waals surface area contributed by atoms with Crippen molar-refractivity contribution in [2.24, 2.45) is 0 Å². The maximum atomic E-state index is 6.14. The first-order valence-electron chi connectivity index (χ1n) is 9.96. The molecule has 0 saturated heterocycles. The molecule has 1 aliphatic carbocycles. The SMILES string of the molecule is CCC1c2nnc(C)n2-c2cnc(-c3ccncc3N)nc2N1C1CCCC1. The van der Waals surface area contributed by atoms with Crippen LogP contribution in [0.25, 0.3) is 17.1 Å². The number of hydrogen-bond acceptors (Lipinski definition) is 7. The normalized spacial score (nSPS) is 18.9. The quantitative estimate of drug-likeness (QED) is 0.749. The summed E-state index contributed by atoms with van der Waals surface area (Å²) in [5.74, 6) is 3.43. The Hall–Kier alpha value is -3.03. The number of rotatable bonds is 3. The van der Waals surface area contributed by atoms with Gasteiger partial charge in [-0.25, -0.2) is 9.97 Å². The molecule has 0 aromatic carbocycles. The van der Waals surface area contributed by atoms with E-state index < -0.39 is 0 Å². The third kappa shape index (κ3) is 2.47. The van der Waals surface area contributed by atoms with E-state index >= 15 is 0 Å². The zero-order valence-corrected chi connectivity index (χ0v) is 16.2. The van der Waals surface area contributed by atoms with E-state index in [2.05, 4.69) is 36.6 Å². The van der Waals surface area contributed by atoms with E-state index in [1.807, 2.05) is 19.2 Å². The second-order valence-corrected chi connectivity index (χ2v) is 7.58. The summed E-state index contributed by atoms with van der Waals surface area (Å²) in [6.07, 6.45) is 11.1. The smallest absolute Gasteiger partial charge is 0.163 e. The average molecular weight is 376 g/mol. The highest BCUT2D eigenvalue weighted by Crippen LogP contribution is 2.43. The van der Waals surface area contributed by atoms with Gasteiger partial charge in [0.05, 0.1) is 24.1 Å². The van der Waals surface area contributed by atoms with E-state index in [9.17, 15) is 0 Å². The zero-order valence-electron chi connectivity index (χ0n) is 16.2. The van der Waals surface area contributed by atoms with Crippen LogP contribution in [0.15, 0.2) is 24.7 Å². The van der Waals surface area contributed by atoms with E-state index in [0.29, 0.717) is 17.6 Å². The fraction of sp³-hybridized carbons (Fsp3) is 0.450. The summed E-state index contributed by atoms with van der Waals surface area (Å²) in [5.41, 5.74) is 8.48. The van der Waals surface area contributed by atoms with Gasteiger partial charge in [-0.1, -0.05) is 19.8 Å². The van der Waals surface area contributed by atoms with Gasteiger partial charge in [0, 0.05) is 17.8 Å². The molecule has 0 amide bonds. The molecule has 3 aromatic rings. The van der Waals surface area contributed by atoms with Gasteiger partial charge in [0.15, 0.2) is 17.5 Å². The number of nitrogens with zero attached hydrogens (tertiary/aromatic N) is 7. The summed E-state index contributed by atoms with van der Waals surface area (Å²) < 4.78 is 2.11. The highest BCUT2D eigenvalue weighted by Gasteiger charge is 2.39. The lowest BCUT2D eigenvalue weighted by molar-refractivity contribution is 0.468. The Labute approximate surface area is 163 Å². The van der Waals surface area contributed by atoms with Crippen LogP contribution in [-0.4, -0.2) is 35.8 Å². The van der Waals surface area contributed by atoms with E-state index in [-0.39, 0.29) is 6.04 Å². The molecule has 5 rings (SSSR count). The predicted octanol–water partition coefficient (Wildman–Crippen LogP) is 3.22. The molecule has 8 nitrogen and oxygen atoms in total. The topological polar surface area (TPSA) is 98.6 Å². The van der Waals surface area contributed by atoms with Crippen molar-refractivity contribution < 1.29 is 0 Å². The van der Waals surface area contributed by atoms with Crippen molar-refractivity contribution in [3.8, 4) is 17.1 Å². The van der Waals surface area contributed by atoms with Crippen molar-refractivity contribution in [2.75, 3.05) is 10.6 Å². The van der Waals surface area contributed by atoms with Crippen LogP contribution in [0.2, 0.25) is 0 Å². The molecule has 144 valence electrons. The minimum atomic E-state index is 0.161. The van der Waals surface area contributed by atoms with Crippen molar-refractivity contribution in [2.45, 2.75) is 58.0 Å². The van der Waals surface area contributed by atoms with Gasteiger partial charge in [0.1, 0.15) is 11.5 Å². The van der Waals surface area contributed by atoms with Crippen LogP contribution in [0.1, 0.15) is 56.7 Å². The Morgan fingerprint density at radius 1 is 1.18 bits per heavy atom. The number of aromatic nitrogens is 6. The molecule has 0 bridgehead atoms. The molecule has 3 aromatic heterocycles. The molecular weight excluding hydrogens is 352 g/mol. The number of aryl methyl sites for hydroxylation is 1. The number of nitrogen functional groups attached to an aromatic ring is 1. The Kier molecular flexibility index (Phi) is 3.99. The number of fused-ring (bicyclic) bond motifs is 3. The fourth-order valence-corrected chi connectivity index (χ4v) is 4.61. The first-order valence-corrected chi connectivity index (χ1v) is 9.96. The van der Waals surface area contributed by atoms with Gasteiger partial charge in [0.25, 0.3) is 0 Å². The van der Waals surface area contributed by atoms with Crippen LogP contribution in [0.4, 0.5) is 11.5 Å². The molecule has 1 unspecified atom stereocenters. The Morgan fingerprint density at radius 3 is 2.75 bits per heavy atom. The summed E-state index contributed by atoms with van der Waals surface area (Å²) in [4.78, 5) is 16.2. The van der Waals surface area contributed by atoms with Gasteiger partial charge in [-0.05, 0) is 32.3 Å². The highest BCUT2D eigenvalue weighted by atomic mass is 15.4. The molecule has 1 aliphatic heterocycles. The Morgan fingerprint density at radius 2 is 2.00 bits per heavy atom. The van der Waals surface area contributed by atoms with Crippen LogP contribution >= 0.6 is 0 Å². The van der Waals surface area contributed by atoms with E-state index in [0.717, 1.165) is 35.1 Å². The van der Waals surface area contributed by atoms with Crippen LogP contribution in [0.5, 0.6) is 0 Å². The summed E-state index contributed by atoms with van der Waals surface area (Å²) in [7, 11) is 0. The predicted molar refractivity (Wildman–Crippen MR) is 107 cm³/mol. The van der Waals surface area contributed by atoms with Crippen LogP contribution < -0.4 is 10.6 Å². The van der Waals surface area contributed by atoms with Gasteiger partial charge in [-0.15, -0.1) is 10.2 Å². The van der Waals surface area contributed by atoms with Crippen molar-refractivity contribution in [3.63, 3.8) is 0 Å². The van der Waals surface area contributed by atoms with Crippen LogP contribution in [0.3, 0.4) is 0 Å². The molecule has 1 saturated carbocycles. The van der Waals surface area contributed by atoms with Gasteiger partial charge in [-0.2, -0.15) is 0 Å². The van der Waals surface area contributed by atoms with E-state index in [4.69, 9.17) is 10.7 Å². The lowest BCUT2D eigenvalue weighted by Crippen LogP contribution is -2.42. The van der Waals surface area contributed by atoms with E-state index in [1.54, 1.807) is 12.4 Å². The zero-order chi connectivity index (χ0) is 19.3. The molecule has 2 N–H and O–H groups in total. The number of nitrogens with two attached hydrogens (primary N) is 1. The highest BCUT2D eigenvalue weighted by molar-refractivity contribution is 5.73. The first kappa shape index (κ1) is 17.1. The number of pyridine rings is 1. The van der Waals surface area contributed by atoms with Gasteiger partial charge < -0.3 is 10.6 Å². The molecule has 28 heavy (non-hydrogen) atoms. The third-order valence-corrected chi connectivity index (χ3v) is 5.92. The molecule has 2 aliphatic rings. The molecule has 4 heterocycles. The largest absolute Gasteiger partial charge is 0.397 e. The third-order valence-electron chi connectivity index (χ3n) is 5.92. The minimum Gasteiger partial charge on any atom is -0.397 e. The lowest BCUT2D eigenvalue weighted by atomic mass is 10.0.